The summed E-state index contributed by atoms with van der Waals surface area (Å²) in [6.45, 7) is 10.4. The standard InChI is InChI=1S/C14H23NO/c1-5-7-10(3)13-8-12(9-16)15-14(6-2)11(13)4/h5,7,11-13,16H,1,6,8-9H2,2-4H3. The number of hydrogen-bond donors (Lipinski definition) is 1. The van der Waals surface area contributed by atoms with E-state index in [-0.39, 0.29) is 12.6 Å². The smallest absolute Gasteiger partial charge is 0.0735 e. The maximum absolute atomic E-state index is 9.27. The molecule has 2 heteroatoms. The average Bonchev–Trinajstić information content (AvgIpc) is 2.29. The predicted octanol–water partition coefficient (Wildman–Crippen LogP) is 2.99. The Bertz CT molecular complexity index is 304. The van der Waals surface area contributed by atoms with Gasteiger partial charge in [0.2, 0.25) is 0 Å². The van der Waals surface area contributed by atoms with E-state index in [2.05, 4.69) is 38.4 Å². The summed E-state index contributed by atoms with van der Waals surface area (Å²) in [5.74, 6) is 0.992. The van der Waals surface area contributed by atoms with Gasteiger partial charge in [0.25, 0.3) is 0 Å². The van der Waals surface area contributed by atoms with Gasteiger partial charge in [-0.15, -0.1) is 0 Å². The first-order chi connectivity index (χ1) is 7.63. The highest BCUT2D eigenvalue weighted by Gasteiger charge is 2.29. The van der Waals surface area contributed by atoms with Crippen LogP contribution >= 0.6 is 0 Å². The third-order valence-corrected chi connectivity index (χ3v) is 3.54. The summed E-state index contributed by atoms with van der Waals surface area (Å²) in [5.41, 5.74) is 2.59. The first-order valence-electron chi connectivity index (χ1n) is 6.10. The van der Waals surface area contributed by atoms with Gasteiger partial charge in [0.15, 0.2) is 0 Å². The lowest BCUT2D eigenvalue weighted by atomic mass is 9.77. The van der Waals surface area contributed by atoms with Crippen molar-refractivity contribution < 1.29 is 5.11 Å². The van der Waals surface area contributed by atoms with Crippen LogP contribution in [0.15, 0.2) is 29.3 Å². The minimum absolute atomic E-state index is 0.0873. The molecule has 1 aliphatic rings. The van der Waals surface area contributed by atoms with Gasteiger partial charge in [0.1, 0.15) is 0 Å². The molecule has 3 unspecified atom stereocenters. The molecule has 1 aliphatic heterocycles. The molecular weight excluding hydrogens is 198 g/mol. The summed E-state index contributed by atoms with van der Waals surface area (Å²) in [6, 6.07) is 0.0873. The molecule has 3 atom stereocenters. The molecule has 0 aromatic rings. The zero-order valence-corrected chi connectivity index (χ0v) is 10.6. The van der Waals surface area contributed by atoms with E-state index in [0.29, 0.717) is 11.8 Å². The lowest BCUT2D eigenvalue weighted by molar-refractivity contribution is 0.237. The Morgan fingerprint density at radius 2 is 2.31 bits per heavy atom. The fourth-order valence-electron chi connectivity index (χ4n) is 2.55. The molecule has 1 rings (SSSR count). The van der Waals surface area contributed by atoms with Crippen LogP contribution in [0.3, 0.4) is 0 Å². The highest BCUT2D eigenvalue weighted by Crippen LogP contribution is 2.32. The lowest BCUT2D eigenvalue weighted by Crippen LogP contribution is -2.33. The Morgan fingerprint density at radius 3 is 2.81 bits per heavy atom. The summed E-state index contributed by atoms with van der Waals surface area (Å²) < 4.78 is 0. The van der Waals surface area contributed by atoms with Crippen molar-refractivity contribution in [1.82, 2.24) is 0 Å². The fourth-order valence-corrected chi connectivity index (χ4v) is 2.55. The molecular formula is C14H23NO. The summed E-state index contributed by atoms with van der Waals surface area (Å²) in [7, 11) is 0. The minimum atomic E-state index is 0.0873. The van der Waals surface area contributed by atoms with Crippen molar-refractivity contribution in [1.29, 1.82) is 0 Å². The van der Waals surface area contributed by atoms with Gasteiger partial charge in [-0.25, -0.2) is 0 Å². The van der Waals surface area contributed by atoms with Crippen LogP contribution in [0, 0.1) is 11.8 Å². The first-order valence-corrected chi connectivity index (χ1v) is 6.10. The largest absolute Gasteiger partial charge is 0.394 e. The van der Waals surface area contributed by atoms with Crippen LogP contribution in [-0.2, 0) is 0 Å². The molecule has 1 heterocycles. The van der Waals surface area contributed by atoms with Crippen molar-refractivity contribution in [3.63, 3.8) is 0 Å². The molecule has 2 nitrogen and oxygen atoms in total. The van der Waals surface area contributed by atoms with Gasteiger partial charge >= 0.3 is 0 Å². The summed E-state index contributed by atoms with van der Waals surface area (Å²) in [6.07, 6.45) is 5.86. The van der Waals surface area contributed by atoms with E-state index in [9.17, 15) is 5.11 Å². The molecule has 0 spiro atoms. The van der Waals surface area contributed by atoms with Crippen molar-refractivity contribution >= 4 is 5.71 Å². The lowest BCUT2D eigenvalue weighted by Gasteiger charge is -2.33. The van der Waals surface area contributed by atoms with E-state index >= 15 is 0 Å². The summed E-state index contributed by atoms with van der Waals surface area (Å²) in [5, 5.41) is 9.27. The summed E-state index contributed by atoms with van der Waals surface area (Å²) in [4.78, 5) is 4.61. The van der Waals surface area contributed by atoms with E-state index < -0.39 is 0 Å². The van der Waals surface area contributed by atoms with Crippen LogP contribution in [0.4, 0.5) is 0 Å². The fraction of sp³-hybridized carbons (Fsp3) is 0.643. The minimum Gasteiger partial charge on any atom is -0.394 e. The molecule has 0 bridgehead atoms. The Hall–Kier alpha value is -0.890. The molecule has 0 aromatic heterocycles. The third kappa shape index (κ3) is 2.82. The van der Waals surface area contributed by atoms with Crippen LogP contribution in [0.1, 0.15) is 33.6 Å². The van der Waals surface area contributed by atoms with Gasteiger partial charge in [0, 0.05) is 11.6 Å². The molecule has 0 aromatic carbocycles. The van der Waals surface area contributed by atoms with Crippen molar-refractivity contribution in [2.75, 3.05) is 6.61 Å². The second-order valence-electron chi connectivity index (χ2n) is 4.59. The molecule has 0 radical (unpaired) electrons. The van der Waals surface area contributed by atoms with Crippen LogP contribution in [0.2, 0.25) is 0 Å². The topological polar surface area (TPSA) is 32.6 Å². The van der Waals surface area contributed by atoms with Crippen molar-refractivity contribution in [3.05, 3.63) is 24.3 Å². The van der Waals surface area contributed by atoms with Crippen molar-refractivity contribution in [3.8, 4) is 0 Å². The zero-order chi connectivity index (χ0) is 12.1. The molecule has 1 N–H and O–H groups in total. The first kappa shape index (κ1) is 13.2. The molecule has 16 heavy (non-hydrogen) atoms. The number of aliphatic hydroxyl groups excluding tert-OH is 1. The van der Waals surface area contributed by atoms with Crippen LogP contribution < -0.4 is 0 Å². The van der Waals surface area contributed by atoms with E-state index in [0.717, 1.165) is 12.8 Å². The van der Waals surface area contributed by atoms with E-state index in [1.165, 1.54) is 11.3 Å². The van der Waals surface area contributed by atoms with Gasteiger partial charge in [0.05, 0.1) is 12.6 Å². The molecule has 0 amide bonds. The highest BCUT2D eigenvalue weighted by molar-refractivity contribution is 5.87. The number of nitrogens with zero attached hydrogens (tertiary/aromatic N) is 1. The Labute approximate surface area is 98.8 Å². The quantitative estimate of drug-likeness (QED) is 0.727. The molecule has 0 saturated heterocycles. The average molecular weight is 221 g/mol. The monoisotopic (exact) mass is 221 g/mol. The molecule has 0 fully saturated rings. The molecule has 0 aliphatic carbocycles. The third-order valence-electron chi connectivity index (χ3n) is 3.54. The van der Waals surface area contributed by atoms with Crippen molar-refractivity contribution in [2.45, 2.75) is 39.7 Å². The van der Waals surface area contributed by atoms with Gasteiger partial charge in [-0.3, -0.25) is 4.99 Å². The number of aliphatic hydroxyl groups is 1. The normalized spacial score (nSPS) is 31.1. The second-order valence-corrected chi connectivity index (χ2v) is 4.59. The number of allylic oxidation sites excluding steroid dienone is 3. The van der Waals surface area contributed by atoms with E-state index in [1.807, 2.05) is 6.08 Å². The summed E-state index contributed by atoms with van der Waals surface area (Å²) >= 11 is 0. The number of aliphatic imine (C=N–C) groups is 1. The Balaban J connectivity index is 2.92. The maximum atomic E-state index is 9.27. The SMILES string of the molecule is C=CC=C(C)C1CC(CO)N=C(CC)C1C. The van der Waals surface area contributed by atoms with Crippen LogP contribution in [-0.4, -0.2) is 23.5 Å². The van der Waals surface area contributed by atoms with E-state index in [1.54, 1.807) is 0 Å². The van der Waals surface area contributed by atoms with Crippen LogP contribution in [0.5, 0.6) is 0 Å². The van der Waals surface area contributed by atoms with Crippen LogP contribution in [0.25, 0.3) is 0 Å². The van der Waals surface area contributed by atoms with E-state index in [4.69, 9.17) is 0 Å². The maximum Gasteiger partial charge on any atom is 0.0735 e. The van der Waals surface area contributed by atoms with Gasteiger partial charge in [-0.05, 0) is 25.7 Å². The number of hydrogen-bond acceptors (Lipinski definition) is 2. The molecule has 0 saturated carbocycles. The van der Waals surface area contributed by atoms with Gasteiger partial charge in [-0.1, -0.05) is 38.2 Å². The second kappa shape index (κ2) is 6.00. The highest BCUT2D eigenvalue weighted by atomic mass is 16.3. The Morgan fingerprint density at radius 1 is 1.62 bits per heavy atom. The van der Waals surface area contributed by atoms with Gasteiger partial charge < -0.3 is 5.11 Å². The Kier molecular flexibility index (Phi) is 4.94. The zero-order valence-electron chi connectivity index (χ0n) is 10.6. The number of rotatable bonds is 4. The van der Waals surface area contributed by atoms with Gasteiger partial charge in [-0.2, -0.15) is 0 Å². The predicted molar refractivity (Wildman–Crippen MR) is 69.8 cm³/mol. The van der Waals surface area contributed by atoms with Crippen molar-refractivity contribution in [2.24, 2.45) is 16.8 Å². The molecule has 90 valence electrons.